The Balaban J connectivity index is 2.97. The van der Waals surface area contributed by atoms with Gasteiger partial charge in [-0.05, 0) is 25.8 Å². The fourth-order valence-electron chi connectivity index (χ4n) is 1.86. The van der Waals surface area contributed by atoms with Gasteiger partial charge in [0.15, 0.2) is 0 Å². The standard InChI is InChI=1S/C13H22N2O/c1-4-9-15(10-5-2)13-12(11(3)16)7-6-8-14-13/h6-8,11,16H,4-5,9-10H2,1-3H3. The minimum absolute atomic E-state index is 0.458. The predicted octanol–water partition coefficient (Wildman–Crippen LogP) is 2.76. The lowest BCUT2D eigenvalue weighted by molar-refractivity contribution is 0.199. The van der Waals surface area contributed by atoms with E-state index in [1.807, 2.05) is 12.1 Å². The van der Waals surface area contributed by atoms with E-state index in [4.69, 9.17) is 0 Å². The van der Waals surface area contributed by atoms with Gasteiger partial charge in [0.1, 0.15) is 5.82 Å². The molecule has 0 fully saturated rings. The highest BCUT2D eigenvalue weighted by molar-refractivity contribution is 5.47. The number of pyridine rings is 1. The third kappa shape index (κ3) is 3.20. The first-order valence-corrected chi connectivity index (χ1v) is 6.08. The quantitative estimate of drug-likeness (QED) is 0.804. The molecule has 0 amide bonds. The monoisotopic (exact) mass is 222 g/mol. The molecule has 0 aliphatic heterocycles. The molecule has 1 rings (SSSR count). The van der Waals surface area contributed by atoms with E-state index in [1.165, 1.54) is 0 Å². The van der Waals surface area contributed by atoms with E-state index < -0.39 is 6.10 Å². The summed E-state index contributed by atoms with van der Waals surface area (Å²) in [7, 11) is 0. The summed E-state index contributed by atoms with van der Waals surface area (Å²) in [6, 6.07) is 3.83. The molecule has 3 nitrogen and oxygen atoms in total. The van der Waals surface area contributed by atoms with Gasteiger partial charge in [0.2, 0.25) is 0 Å². The summed E-state index contributed by atoms with van der Waals surface area (Å²) in [5.74, 6) is 0.932. The molecule has 0 aliphatic carbocycles. The van der Waals surface area contributed by atoms with Crippen LogP contribution in [0.5, 0.6) is 0 Å². The summed E-state index contributed by atoms with van der Waals surface area (Å²) in [6.07, 6.45) is 3.52. The highest BCUT2D eigenvalue weighted by Gasteiger charge is 2.13. The molecule has 1 aromatic rings. The molecule has 0 bridgehead atoms. The van der Waals surface area contributed by atoms with Crippen molar-refractivity contribution in [2.75, 3.05) is 18.0 Å². The molecular weight excluding hydrogens is 200 g/mol. The van der Waals surface area contributed by atoms with Gasteiger partial charge in [-0.2, -0.15) is 0 Å². The molecular formula is C13H22N2O. The average molecular weight is 222 g/mol. The molecule has 1 heterocycles. The molecule has 1 atom stereocenters. The Morgan fingerprint density at radius 3 is 2.44 bits per heavy atom. The number of aliphatic hydroxyl groups is 1. The second kappa shape index (κ2) is 6.48. The Morgan fingerprint density at radius 1 is 1.31 bits per heavy atom. The SMILES string of the molecule is CCCN(CCC)c1ncccc1C(C)O. The van der Waals surface area contributed by atoms with Crippen molar-refractivity contribution in [2.45, 2.75) is 39.7 Å². The molecule has 3 heteroatoms. The van der Waals surface area contributed by atoms with E-state index in [-0.39, 0.29) is 0 Å². The Labute approximate surface area is 98.1 Å². The van der Waals surface area contributed by atoms with Crippen LogP contribution in [-0.2, 0) is 0 Å². The number of hydrogen-bond donors (Lipinski definition) is 1. The van der Waals surface area contributed by atoms with E-state index in [0.717, 1.165) is 37.3 Å². The highest BCUT2D eigenvalue weighted by atomic mass is 16.3. The number of hydrogen-bond acceptors (Lipinski definition) is 3. The van der Waals surface area contributed by atoms with Gasteiger partial charge in [-0.25, -0.2) is 4.98 Å². The minimum atomic E-state index is -0.458. The molecule has 0 radical (unpaired) electrons. The molecule has 1 N–H and O–H groups in total. The second-order valence-electron chi connectivity index (χ2n) is 4.08. The molecule has 0 saturated heterocycles. The topological polar surface area (TPSA) is 36.4 Å². The van der Waals surface area contributed by atoms with Crippen LogP contribution in [0.25, 0.3) is 0 Å². The first kappa shape index (κ1) is 13.0. The van der Waals surface area contributed by atoms with Crippen LogP contribution in [0.3, 0.4) is 0 Å². The highest BCUT2D eigenvalue weighted by Crippen LogP contribution is 2.23. The van der Waals surface area contributed by atoms with Crippen LogP contribution >= 0.6 is 0 Å². The zero-order valence-electron chi connectivity index (χ0n) is 10.5. The van der Waals surface area contributed by atoms with Gasteiger partial charge in [-0.1, -0.05) is 19.9 Å². The predicted molar refractivity (Wildman–Crippen MR) is 67.7 cm³/mol. The van der Waals surface area contributed by atoms with Gasteiger partial charge >= 0.3 is 0 Å². The van der Waals surface area contributed by atoms with Crippen LogP contribution in [0.15, 0.2) is 18.3 Å². The van der Waals surface area contributed by atoms with E-state index in [1.54, 1.807) is 13.1 Å². The summed E-state index contributed by atoms with van der Waals surface area (Å²) in [5, 5.41) is 9.72. The molecule has 0 aromatic carbocycles. The van der Waals surface area contributed by atoms with Crippen LogP contribution < -0.4 is 4.90 Å². The molecule has 0 saturated carbocycles. The van der Waals surface area contributed by atoms with Gasteiger partial charge in [0.05, 0.1) is 6.10 Å². The van der Waals surface area contributed by atoms with Crippen molar-refractivity contribution in [1.82, 2.24) is 4.98 Å². The lowest BCUT2D eigenvalue weighted by Gasteiger charge is -2.25. The Hall–Kier alpha value is -1.09. The fraction of sp³-hybridized carbons (Fsp3) is 0.615. The Bertz CT molecular complexity index is 307. The van der Waals surface area contributed by atoms with Crippen molar-refractivity contribution in [3.8, 4) is 0 Å². The van der Waals surface area contributed by atoms with Crippen molar-refractivity contribution in [2.24, 2.45) is 0 Å². The van der Waals surface area contributed by atoms with Gasteiger partial charge in [-0.15, -0.1) is 0 Å². The maximum absolute atomic E-state index is 9.72. The maximum atomic E-state index is 9.72. The van der Waals surface area contributed by atoms with Crippen molar-refractivity contribution >= 4 is 5.82 Å². The van der Waals surface area contributed by atoms with Crippen LogP contribution in [0.1, 0.15) is 45.3 Å². The minimum Gasteiger partial charge on any atom is -0.389 e. The zero-order valence-corrected chi connectivity index (χ0v) is 10.5. The van der Waals surface area contributed by atoms with E-state index in [0.29, 0.717) is 0 Å². The van der Waals surface area contributed by atoms with Crippen LogP contribution in [0, 0.1) is 0 Å². The lowest BCUT2D eigenvalue weighted by atomic mass is 10.1. The van der Waals surface area contributed by atoms with E-state index >= 15 is 0 Å². The largest absolute Gasteiger partial charge is 0.389 e. The van der Waals surface area contributed by atoms with Crippen LogP contribution in [-0.4, -0.2) is 23.2 Å². The molecule has 1 unspecified atom stereocenters. The molecule has 0 aliphatic rings. The number of aliphatic hydroxyl groups excluding tert-OH is 1. The van der Waals surface area contributed by atoms with Gasteiger partial charge in [0, 0.05) is 24.8 Å². The molecule has 1 aromatic heterocycles. The van der Waals surface area contributed by atoms with Crippen molar-refractivity contribution in [3.63, 3.8) is 0 Å². The summed E-state index contributed by atoms with van der Waals surface area (Å²) in [5.41, 5.74) is 0.921. The molecule has 0 spiro atoms. The number of anilines is 1. The first-order chi connectivity index (χ1) is 7.70. The normalized spacial score (nSPS) is 12.5. The molecule has 16 heavy (non-hydrogen) atoms. The van der Waals surface area contributed by atoms with Gasteiger partial charge in [-0.3, -0.25) is 0 Å². The summed E-state index contributed by atoms with van der Waals surface area (Å²) < 4.78 is 0. The lowest BCUT2D eigenvalue weighted by Crippen LogP contribution is -2.27. The first-order valence-electron chi connectivity index (χ1n) is 6.08. The van der Waals surface area contributed by atoms with Crippen molar-refractivity contribution in [3.05, 3.63) is 23.9 Å². The number of rotatable bonds is 6. The third-order valence-corrected chi connectivity index (χ3v) is 2.55. The van der Waals surface area contributed by atoms with Crippen molar-refractivity contribution < 1.29 is 5.11 Å². The molecule has 90 valence electrons. The smallest absolute Gasteiger partial charge is 0.134 e. The Morgan fingerprint density at radius 2 is 1.94 bits per heavy atom. The average Bonchev–Trinajstić information content (AvgIpc) is 2.29. The summed E-state index contributed by atoms with van der Waals surface area (Å²) in [6.45, 7) is 8.09. The number of nitrogens with zero attached hydrogens (tertiary/aromatic N) is 2. The van der Waals surface area contributed by atoms with Crippen LogP contribution in [0.4, 0.5) is 5.82 Å². The number of aromatic nitrogens is 1. The van der Waals surface area contributed by atoms with Crippen LogP contribution in [0.2, 0.25) is 0 Å². The van der Waals surface area contributed by atoms with Gasteiger partial charge in [0.25, 0.3) is 0 Å². The zero-order chi connectivity index (χ0) is 12.0. The Kier molecular flexibility index (Phi) is 5.26. The summed E-state index contributed by atoms with van der Waals surface area (Å²) >= 11 is 0. The van der Waals surface area contributed by atoms with Crippen molar-refractivity contribution in [1.29, 1.82) is 0 Å². The van der Waals surface area contributed by atoms with E-state index in [9.17, 15) is 5.11 Å². The summed E-state index contributed by atoms with van der Waals surface area (Å²) in [4.78, 5) is 6.66. The van der Waals surface area contributed by atoms with Gasteiger partial charge < -0.3 is 10.0 Å². The van der Waals surface area contributed by atoms with E-state index in [2.05, 4.69) is 23.7 Å². The third-order valence-electron chi connectivity index (χ3n) is 2.55. The second-order valence-corrected chi connectivity index (χ2v) is 4.08. The fourth-order valence-corrected chi connectivity index (χ4v) is 1.86. The maximum Gasteiger partial charge on any atom is 0.134 e.